The van der Waals surface area contributed by atoms with Crippen LogP contribution in [0.25, 0.3) is 0 Å². The lowest BCUT2D eigenvalue weighted by molar-refractivity contribution is 1.11. The highest BCUT2D eigenvalue weighted by Crippen LogP contribution is 2.40. The Bertz CT molecular complexity index is 251. The molecule has 1 saturated carbocycles. The van der Waals surface area contributed by atoms with Crippen LogP contribution in [0.2, 0.25) is 0 Å². The number of rotatable bonds is 2. The van der Waals surface area contributed by atoms with Gasteiger partial charge in [0.2, 0.25) is 0 Å². The summed E-state index contributed by atoms with van der Waals surface area (Å²) in [6.45, 7) is 0. The van der Waals surface area contributed by atoms with Crippen LogP contribution in [0.1, 0.15) is 24.3 Å². The average Bonchev–Trinajstić information content (AvgIpc) is 2.87. The Morgan fingerprint density at radius 2 is 2.18 bits per heavy atom. The SMILES string of the molecule is CSc1cccc(C2CC2)c1. The minimum atomic E-state index is 0.891. The van der Waals surface area contributed by atoms with Crippen LogP contribution in [0.3, 0.4) is 0 Å². The van der Waals surface area contributed by atoms with E-state index >= 15 is 0 Å². The van der Waals surface area contributed by atoms with Gasteiger partial charge in [0.1, 0.15) is 0 Å². The van der Waals surface area contributed by atoms with Gasteiger partial charge in [-0.3, -0.25) is 0 Å². The fourth-order valence-corrected chi connectivity index (χ4v) is 1.78. The average molecular weight is 164 g/mol. The molecule has 58 valence electrons. The lowest BCUT2D eigenvalue weighted by Gasteiger charge is -1.99. The minimum absolute atomic E-state index is 0.891. The molecule has 1 fully saturated rings. The van der Waals surface area contributed by atoms with Crippen molar-refractivity contribution >= 4 is 11.8 Å². The molecular weight excluding hydrogens is 152 g/mol. The van der Waals surface area contributed by atoms with E-state index in [1.807, 2.05) is 11.8 Å². The van der Waals surface area contributed by atoms with Crippen molar-refractivity contribution in [2.24, 2.45) is 0 Å². The Morgan fingerprint density at radius 3 is 2.82 bits per heavy atom. The molecule has 0 nitrogen and oxygen atoms in total. The zero-order valence-electron chi connectivity index (χ0n) is 6.71. The second-order valence-electron chi connectivity index (χ2n) is 3.05. The first-order valence-corrected chi connectivity index (χ1v) is 5.26. The van der Waals surface area contributed by atoms with Crippen LogP contribution in [-0.2, 0) is 0 Å². The summed E-state index contributed by atoms with van der Waals surface area (Å²) >= 11 is 1.83. The number of hydrogen-bond donors (Lipinski definition) is 0. The Morgan fingerprint density at radius 1 is 1.36 bits per heavy atom. The van der Waals surface area contributed by atoms with Crippen LogP contribution < -0.4 is 0 Å². The van der Waals surface area contributed by atoms with Crippen molar-refractivity contribution in [2.75, 3.05) is 6.26 Å². The molecule has 1 aromatic carbocycles. The number of hydrogen-bond acceptors (Lipinski definition) is 1. The summed E-state index contributed by atoms with van der Waals surface area (Å²) < 4.78 is 0. The van der Waals surface area contributed by atoms with Gasteiger partial charge in [-0.05, 0) is 42.7 Å². The maximum Gasteiger partial charge on any atom is 0.00719 e. The predicted molar refractivity (Wildman–Crippen MR) is 50.2 cm³/mol. The second-order valence-corrected chi connectivity index (χ2v) is 3.93. The van der Waals surface area contributed by atoms with E-state index < -0.39 is 0 Å². The molecule has 0 heterocycles. The minimum Gasteiger partial charge on any atom is -0.130 e. The lowest BCUT2D eigenvalue weighted by atomic mass is 10.1. The van der Waals surface area contributed by atoms with Gasteiger partial charge in [-0.25, -0.2) is 0 Å². The second kappa shape index (κ2) is 2.90. The Labute approximate surface area is 72.0 Å². The highest BCUT2D eigenvalue weighted by atomic mass is 32.2. The Kier molecular flexibility index (Phi) is 1.91. The third-order valence-corrected chi connectivity index (χ3v) is 2.87. The van der Waals surface area contributed by atoms with Gasteiger partial charge in [0, 0.05) is 4.90 Å². The topological polar surface area (TPSA) is 0 Å². The first kappa shape index (κ1) is 7.23. The van der Waals surface area contributed by atoms with Crippen LogP contribution >= 0.6 is 11.8 Å². The summed E-state index contributed by atoms with van der Waals surface area (Å²) in [4.78, 5) is 1.40. The zero-order valence-corrected chi connectivity index (χ0v) is 7.53. The lowest BCUT2D eigenvalue weighted by Crippen LogP contribution is -1.78. The largest absolute Gasteiger partial charge is 0.130 e. The van der Waals surface area contributed by atoms with E-state index in [0.717, 1.165) is 5.92 Å². The van der Waals surface area contributed by atoms with Gasteiger partial charge in [0.25, 0.3) is 0 Å². The highest BCUT2D eigenvalue weighted by Gasteiger charge is 2.23. The van der Waals surface area contributed by atoms with E-state index in [0.29, 0.717) is 0 Å². The quantitative estimate of drug-likeness (QED) is 0.604. The van der Waals surface area contributed by atoms with Crippen molar-refractivity contribution in [1.82, 2.24) is 0 Å². The molecule has 1 aromatic rings. The fourth-order valence-electron chi connectivity index (χ4n) is 1.31. The monoisotopic (exact) mass is 164 g/mol. The molecule has 0 N–H and O–H groups in total. The maximum absolute atomic E-state index is 2.32. The highest BCUT2D eigenvalue weighted by molar-refractivity contribution is 7.98. The van der Waals surface area contributed by atoms with Crippen LogP contribution in [0.15, 0.2) is 29.2 Å². The van der Waals surface area contributed by atoms with Gasteiger partial charge in [-0.15, -0.1) is 11.8 Å². The molecule has 0 aliphatic heterocycles. The normalized spacial score (nSPS) is 16.8. The summed E-state index contributed by atoms with van der Waals surface area (Å²) in [5.74, 6) is 0.891. The first-order valence-electron chi connectivity index (χ1n) is 4.04. The number of thioether (sulfide) groups is 1. The molecule has 1 aliphatic rings. The molecule has 1 aliphatic carbocycles. The third-order valence-electron chi connectivity index (χ3n) is 2.14. The van der Waals surface area contributed by atoms with Crippen LogP contribution in [0, 0.1) is 0 Å². The molecule has 0 spiro atoms. The van der Waals surface area contributed by atoms with Crippen molar-refractivity contribution in [2.45, 2.75) is 23.7 Å². The van der Waals surface area contributed by atoms with E-state index in [1.54, 1.807) is 0 Å². The van der Waals surface area contributed by atoms with Crippen molar-refractivity contribution in [3.05, 3.63) is 29.8 Å². The van der Waals surface area contributed by atoms with E-state index in [4.69, 9.17) is 0 Å². The molecule has 11 heavy (non-hydrogen) atoms. The molecular formula is C10H12S. The van der Waals surface area contributed by atoms with Gasteiger partial charge < -0.3 is 0 Å². The standard InChI is InChI=1S/C10H12S/c1-11-10-4-2-3-9(7-10)8-5-6-8/h2-4,7-8H,5-6H2,1H3. The summed E-state index contributed by atoms with van der Waals surface area (Å²) in [7, 11) is 0. The van der Waals surface area contributed by atoms with Gasteiger partial charge >= 0.3 is 0 Å². The summed E-state index contributed by atoms with van der Waals surface area (Å²) in [5, 5.41) is 0. The van der Waals surface area contributed by atoms with E-state index in [9.17, 15) is 0 Å². The molecule has 0 unspecified atom stereocenters. The molecule has 0 bridgehead atoms. The summed E-state index contributed by atoms with van der Waals surface area (Å²) in [5.41, 5.74) is 1.54. The molecule has 0 amide bonds. The van der Waals surface area contributed by atoms with Gasteiger partial charge in [0.15, 0.2) is 0 Å². The summed E-state index contributed by atoms with van der Waals surface area (Å²) in [6.07, 6.45) is 4.93. The van der Waals surface area contributed by atoms with Crippen LogP contribution in [-0.4, -0.2) is 6.26 Å². The van der Waals surface area contributed by atoms with E-state index in [2.05, 4.69) is 30.5 Å². The molecule has 0 radical (unpaired) electrons. The van der Waals surface area contributed by atoms with Gasteiger partial charge in [0.05, 0.1) is 0 Å². The first-order chi connectivity index (χ1) is 5.40. The van der Waals surface area contributed by atoms with Gasteiger partial charge in [-0.1, -0.05) is 12.1 Å². The molecule has 1 heteroatoms. The zero-order chi connectivity index (χ0) is 7.68. The third kappa shape index (κ3) is 1.59. The molecule has 0 saturated heterocycles. The maximum atomic E-state index is 2.32. The van der Waals surface area contributed by atoms with Crippen molar-refractivity contribution in [1.29, 1.82) is 0 Å². The molecule has 0 atom stereocenters. The number of benzene rings is 1. The van der Waals surface area contributed by atoms with E-state index in [-0.39, 0.29) is 0 Å². The Balaban J connectivity index is 2.26. The van der Waals surface area contributed by atoms with Crippen LogP contribution in [0.5, 0.6) is 0 Å². The van der Waals surface area contributed by atoms with Crippen molar-refractivity contribution in [3.63, 3.8) is 0 Å². The fraction of sp³-hybridized carbons (Fsp3) is 0.400. The molecule has 2 rings (SSSR count). The molecule has 0 aromatic heterocycles. The Hall–Kier alpha value is -0.430. The van der Waals surface area contributed by atoms with E-state index in [1.165, 1.54) is 23.3 Å². The van der Waals surface area contributed by atoms with Crippen LogP contribution in [0.4, 0.5) is 0 Å². The van der Waals surface area contributed by atoms with Gasteiger partial charge in [-0.2, -0.15) is 0 Å². The van der Waals surface area contributed by atoms with Crippen molar-refractivity contribution < 1.29 is 0 Å². The van der Waals surface area contributed by atoms with Crippen molar-refractivity contribution in [3.8, 4) is 0 Å². The summed E-state index contributed by atoms with van der Waals surface area (Å²) in [6, 6.07) is 8.91. The smallest absolute Gasteiger partial charge is 0.00719 e. The predicted octanol–water partition coefficient (Wildman–Crippen LogP) is 3.29.